The minimum absolute atomic E-state index is 0.0831. The summed E-state index contributed by atoms with van der Waals surface area (Å²) in [5, 5.41) is 1.71. The molecule has 8 nitrogen and oxygen atoms in total. The fourth-order valence-electron chi connectivity index (χ4n) is 2.73. The number of ether oxygens (including phenoxy) is 4. The molecule has 2 aromatic carbocycles. The molecule has 3 rings (SSSR count). The van der Waals surface area contributed by atoms with Gasteiger partial charge in [-0.05, 0) is 66.9 Å². The smallest absolute Gasteiger partial charge is 0.344 e. The van der Waals surface area contributed by atoms with Gasteiger partial charge >= 0.3 is 5.97 Å². The van der Waals surface area contributed by atoms with Gasteiger partial charge in [0.2, 0.25) is 0 Å². The summed E-state index contributed by atoms with van der Waals surface area (Å²) in [5.41, 5.74) is 0.477. The van der Waals surface area contributed by atoms with Gasteiger partial charge in [0.05, 0.1) is 12.3 Å². The van der Waals surface area contributed by atoms with Crippen molar-refractivity contribution in [1.29, 1.82) is 0 Å². The molecule has 0 atom stereocenters. The topological polar surface area (TPSA) is 91.4 Å². The molecule has 3 aromatic rings. The van der Waals surface area contributed by atoms with Crippen molar-refractivity contribution < 1.29 is 32.2 Å². The van der Waals surface area contributed by atoms with E-state index in [1.807, 2.05) is 6.92 Å². The van der Waals surface area contributed by atoms with E-state index in [1.54, 1.807) is 66.0 Å². The van der Waals surface area contributed by atoms with Gasteiger partial charge in [-0.1, -0.05) is 6.07 Å². The highest BCUT2D eigenvalue weighted by Gasteiger charge is 2.22. The van der Waals surface area contributed by atoms with Crippen LogP contribution in [0, 0.1) is 0 Å². The summed E-state index contributed by atoms with van der Waals surface area (Å²) < 4.78 is 48.0. The van der Waals surface area contributed by atoms with Gasteiger partial charge in [0.15, 0.2) is 6.61 Å². The zero-order valence-electron chi connectivity index (χ0n) is 18.3. The van der Waals surface area contributed by atoms with E-state index in [0.29, 0.717) is 23.8 Å². The third kappa shape index (κ3) is 6.87. The molecule has 0 radical (unpaired) electrons. The molecule has 0 bridgehead atoms. The van der Waals surface area contributed by atoms with Crippen LogP contribution in [0.1, 0.15) is 6.92 Å². The summed E-state index contributed by atoms with van der Waals surface area (Å²) in [5.74, 6) is 1.30. The summed E-state index contributed by atoms with van der Waals surface area (Å²) >= 11 is 1.16. The maximum absolute atomic E-state index is 12.6. The molecule has 0 saturated heterocycles. The Hall–Kier alpha value is -3.24. The van der Waals surface area contributed by atoms with Crippen LogP contribution in [0.25, 0.3) is 0 Å². The van der Waals surface area contributed by atoms with E-state index in [4.69, 9.17) is 18.9 Å². The first kappa shape index (κ1) is 24.4. The SMILES string of the molecule is CCOc1ccc(OCCOC(=O)COc2ccc(N(C)S(=O)(=O)c3cccs3)cc2)cc1. The number of anilines is 1. The number of thiophene rings is 1. The van der Waals surface area contributed by atoms with E-state index >= 15 is 0 Å². The summed E-state index contributed by atoms with van der Waals surface area (Å²) in [6.45, 7) is 2.53. The monoisotopic (exact) mass is 491 g/mol. The normalized spacial score (nSPS) is 11.0. The molecule has 10 heteroatoms. The fraction of sp³-hybridized carbons (Fsp3) is 0.261. The molecule has 176 valence electrons. The maximum atomic E-state index is 12.6. The van der Waals surface area contributed by atoms with Crippen molar-refractivity contribution in [2.45, 2.75) is 11.1 Å². The van der Waals surface area contributed by atoms with E-state index < -0.39 is 16.0 Å². The van der Waals surface area contributed by atoms with Gasteiger partial charge in [-0.3, -0.25) is 4.31 Å². The van der Waals surface area contributed by atoms with Crippen LogP contribution in [-0.2, 0) is 19.6 Å². The highest BCUT2D eigenvalue weighted by atomic mass is 32.2. The lowest BCUT2D eigenvalue weighted by Crippen LogP contribution is -2.25. The van der Waals surface area contributed by atoms with Crippen LogP contribution in [0.5, 0.6) is 17.2 Å². The molecule has 0 unspecified atom stereocenters. The zero-order chi connectivity index (χ0) is 23.7. The quantitative estimate of drug-likeness (QED) is 0.280. The number of sulfonamides is 1. The lowest BCUT2D eigenvalue weighted by atomic mass is 10.3. The van der Waals surface area contributed by atoms with Crippen molar-refractivity contribution in [2.24, 2.45) is 0 Å². The van der Waals surface area contributed by atoms with Crippen molar-refractivity contribution in [3.8, 4) is 17.2 Å². The molecular weight excluding hydrogens is 466 g/mol. The Morgan fingerprint density at radius 3 is 2.09 bits per heavy atom. The first-order valence-corrected chi connectivity index (χ1v) is 12.5. The van der Waals surface area contributed by atoms with Crippen molar-refractivity contribution in [3.63, 3.8) is 0 Å². The van der Waals surface area contributed by atoms with Crippen LogP contribution in [0.3, 0.4) is 0 Å². The van der Waals surface area contributed by atoms with Gasteiger partial charge in [0.25, 0.3) is 10.0 Å². The number of esters is 1. The average molecular weight is 492 g/mol. The van der Waals surface area contributed by atoms with E-state index in [2.05, 4.69) is 0 Å². The molecular formula is C23H25NO7S2. The second-order valence-electron chi connectivity index (χ2n) is 6.66. The predicted molar refractivity (Wildman–Crippen MR) is 126 cm³/mol. The second kappa shape index (κ2) is 11.6. The number of benzene rings is 2. The summed E-state index contributed by atoms with van der Waals surface area (Å²) in [6.07, 6.45) is 0. The highest BCUT2D eigenvalue weighted by molar-refractivity contribution is 7.94. The van der Waals surface area contributed by atoms with E-state index in [-0.39, 0.29) is 24.0 Å². The number of carbonyl (C=O) groups is 1. The van der Waals surface area contributed by atoms with Crippen LogP contribution in [0.4, 0.5) is 5.69 Å². The summed E-state index contributed by atoms with van der Waals surface area (Å²) in [6, 6.07) is 16.8. The molecule has 1 heterocycles. The second-order valence-corrected chi connectivity index (χ2v) is 9.80. The van der Waals surface area contributed by atoms with E-state index in [1.165, 1.54) is 11.4 Å². The molecule has 1 aromatic heterocycles. The Labute approximate surface area is 197 Å². The number of nitrogens with zero attached hydrogens (tertiary/aromatic N) is 1. The third-order valence-corrected chi connectivity index (χ3v) is 7.58. The van der Waals surface area contributed by atoms with Gasteiger partial charge in [-0.2, -0.15) is 0 Å². The van der Waals surface area contributed by atoms with Crippen molar-refractivity contribution >= 4 is 33.0 Å². The van der Waals surface area contributed by atoms with Gasteiger partial charge < -0.3 is 18.9 Å². The van der Waals surface area contributed by atoms with Crippen LogP contribution >= 0.6 is 11.3 Å². The van der Waals surface area contributed by atoms with Crippen LogP contribution in [0.2, 0.25) is 0 Å². The first-order chi connectivity index (χ1) is 15.9. The zero-order valence-corrected chi connectivity index (χ0v) is 19.9. The molecule has 0 aliphatic carbocycles. The van der Waals surface area contributed by atoms with Crippen LogP contribution in [0.15, 0.2) is 70.3 Å². The Bertz CT molecular complexity index is 1110. The Kier molecular flexibility index (Phi) is 8.56. The molecule has 0 amide bonds. The van der Waals surface area contributed by atoms with Gasteiger partial charge in [-0.25, -0.2) is 13.2 Å². The molecule has 0 aliphatic rings. The van der Waals surface area contributed by atoms with Crippen molar-refractivity contribution in [2.75, 3.05) is 37.8 Å². The van der Waals surface area contributed by atoms with E-state index in [9.17, 15) is 13.2 Å². The molecule has 33 heavy (non-hydrogen) atoms. The van der Waals surface area contributed by atoms with Crippen molar-refractivity contribution in [1.82, 2.24) is 0 Å². The molecule has 0 saturated carbocycles. The van der Waals surface area contributed by atoms with Crippen molar-refractivity contribution in [3.05, 3.63) is 66.0 Å². The van der Waals surface area contributed by atoms with Gasteiger partial charge in [0.1, 0.15) is 34.7 Å². The fourth-order valence-corrected chi connectivity index (χ4v) is 5.09. The lowest BCUT2D eigenvalue weighted by molar-refractivity contribution is -0.146. The van der Waals surface area contributed by atoms with E-state index in [0.717, 1.165) is 17.1 Å². The standard InChI is InChI=1S/C23H25NO7S2/c1-3-28-19-10-12-20(13-11-19)29-14-15-30-22(25)17-31-21-8-6-18(7-9-21)24(2)33(26,27)23-5-4-16-32-23/h4-13,16H,3,14-15,17H2,1-2H3. The number of hydrogen-bond donors (Lipinski definition) is 0. The number of carbonyl (C=O) groups excluding carboxylic acids is 1. The maximum Gasteiger partial charge on any atom is 0.344 e. The Morgan fingerprint density at radius 2 is 1.48 bits per heavy atom. The molecule has 0 fully saturated rings. The summed E-state index contributed by atoms with van der Waals surface area (Å²) in [4.78, 5) is 11.9. The average Bonchev–Trinajstić information content (AvgIpc) is 3.38. The first-order valence-electron chi connectivity index (χ1n) is 10.2. The summed E-state index contributed by atoms with van der Waals surface area (Å²) in [7, 11) is -2.12. The number of hydrogen-bond acceptors (Lipinski definition) is 8. The molecule has 0 aliphatic heterocycles. The largest absolute Gasteiger partial charge is 0.494 e. The molecule has 0 spiro atoms. The third-order valence-electron chi connectivity index (χ3n) is 4.42. The Balaban J connectivity index is 1.39. The Morgan fingerprint density at radius 1 is 0.879 bits per heavy atom. The number of rotatable bonds is 12. The van der Waals surface area contributed by atoms with Crippen LogP contribution < -0.4 is 18.5 Å². The van der Waals surface area contributed by atoms with Gasteiger partial charge in [0, 0.05) is 7.05 Å². The highest BCUT2D eigenvalue weighted by Crippen LogP contribution is 2.26. The lowest BCUT2D eigenvalue weighted by Gasteiger charge is -2.18. The van der Waals surface area contributed by atoms with Gasteiger partial charge in [-0.15, -0.1) is 11.3 Å². The molecule has 0 N–H and O–H groups in total. The predicted octanol–water partition coefficient (Wildman–Crippen LogP) is 3.97. The van der Waals surface area contributed by atoms with Crippen LogP contribution in [-0.4, -0.2) is 47.9 Å². The minimum atomic E-state index is -3.61. The minimum Gasteiger partial charge on any atom is -0.494 e.